The van der Waals surface area contributed by atoms with Crippen LogP contribution in [-0.2, 0) is 0 Å². The van der Waals surface area contributed by atoms with Gasteiger partial charge < -0.3 is 10.2 Å². The summed E-state index contributed by atoms with van der Waals surface area (Å²) in [5, 5.41) is 4.47. The maximum atomic E-state index is 13.7. The molecule has 1 saturated heterocycles. The van der Waals surface area contributed by atoms with Crippen LogP contribution in [0.5, 0.6) is 0 Å². The van der Waals surface area contributed by atoms with Gasteiger partial charge >= 0.3 is 0 Å². The largest absolute Gasteiger partial charge is 0.334 e. The number of rotatable bonds is 1. The SMILES string of the molecule is C[C@@H]1CN(C(=O)c2nc3cc4ccccc4nc3n3c2nc2ccccc23)C[C@H](C)N1. The lowest BCUT2D eigenvalue weighted by Crippen LogP contribution is -2.56. The average molecular weight is 410 g/mol. The number of carbonyl (C=O) groups is 1. The maximum absolute atomic E-state index is 13.7. The van der Waals surface area contributed by atoms with Gasteiger partial charge in [-0.1, -0.05) is 30.3 Å². The number of aromatic nitrogens is 4. The normalized spacial score (nSPS) is 19.6. The van der Waals surface area contributed by atoms with Gasteiger partial charge in [-0.25, -0.2) is 15.0 Å². The summed E-state index contributed by atoms with van der Waals surface area (Å²) in [6, 6.07) is 18.3. The Balaban J connectivity index is 1.67. The van der Waals surface area contributed by atoms with Crippen molar-refractivity contribution in [2.75, 3.05) is 13.1 Å². The van der Waals surface area contributed by atoms with Crippen molar-refractivity contribution >= 4 is 44.7 Å². The van der Waals surface area contributed by atoms with Crippen molar-refractivity contribution in [2.24, 2.45) is 0 Å². The van der Waals surface area contributed by atoms with E-state index < -0.39 is 0 Å². The monoisotopic (exact) mass is 410 g/mol. The summed E-state index contributed by atoms with van der Waals surface area (Å²) in [6.45, 7) is 5.48. The summed E-state index contributed by atoms with van der Waals surface area (Å²) in [5.41, 5.74) is 4.96. The number of nitrogens with one attached hydrogen (secondary N) is 1. The Labute approximate surface area is 178 Å². The first kappa shape index (κ1) is 18.2. The minimum atomic E-state index is -0.0874. The fourth-order valence-electron chi connectivity index (χ4n) is 4.70. The van der Waals surface area contributed by atoms with Gasteiger partial charge in [0.15, 0.2) is 17.0 Å². The third-order valence-electron chi connectivity index (χ3n) is 5.95. The van der Waals surface area contributed by atoms with Crippen molar-refractivity contribution in [3.63, 3.8) is 0 Å². The third kappa shape index (κ3) is 2.84. The van der Waals surface area contributed by atoms with Crippen LogP contribution in [-0.4, -0.2) is 55.3 Å². The van der Waals surface area contributed by atoms with E-state index in [2.05, 4.69) is 19.2 Å². The maximum Gasteiger partial charge on any atom is 0.276 e. The molecule has 0 saturated carbocycles. The standard InChI is InChI=1S/C24H22N6O/c1-14-12-29(13-15(2)25-14)24(31)21-23-28-18-9-5-6-10-20(18)30(23)22-19(26-21)11-16-7-3-4-8-17(16)27-22/h3-11,14-15,25H,12-13H2,1-2H3/t14-,15+. The lowest BCUT2D eigenvalue weighted by atomic mass is 10.1. The lowest BCUT2D eigenvalue weighted by molar-refractivity contribution is 0.0670. The smallest absolute Gasteiger partial charge is 0.276 e. The average Bonchev–Trinajstić information content (AvgIpc) is 3.16. The number of imidazole rings is 1. The van der Waals surface area contributed by atoms with E-state index in [1.165, 1.54) is 0 Å². The quantitative estimate of drug-likeness (QED) is 0.429. The molecule has 6 rings (SSSR count). The van der Waals surface area contributed by atoms with Gasteiger partial charge in [0.2, 0.25) is 0 Å². The first-order valence-corrected chi connectivity index (χ1v) is 10.6. The van der Waals surface area contributed by atoms with Crippen molar-refractivity contribution in [3.05, 3.63) is 60.3 Å². The molecular weight excluding hydrogens is 388 g/mol. The fraction of sp³-hybridized carbons (Fsp3) is 0.250. The zero-order valence-corrected chi connectivity index (χ0v) is 17.4. The molecule has 1 N–H and O–H groups in total. The first-order chi connectivity index (χ1) is 15.1. The van der Waals surface area contributed by atoms with E-state index in [0.29, 0.717) is 35.6 Å². The van der Waals surface area contributed by atoms with Crippen LogP contribution < -0.4 is 5.32 Å². The van der Waals surface area contributed by atoms with Gasteiger partial charge in [0.1, 0.15) is 5.52 Å². The molecule has 31 heavy (non-hydrogen) atoms. The molecule has 1 aliphatic rings. The second kappa shape index (κ2) is 6.72. The summed E-state index contributed by atoms with van der Waals surface area (Å²) in [4.78, 5) is 30.0. The summed E-state index contributed by atoms with van der Waals surface area (Å²) in [7, 11) is 0. The zero-order chi connectivity index (χ0) is 21.1. The number of hydrogen-bond donors (Lipinski definition) is 1. The van der Waals surface area contributed by atoms with E-state index in [1.807, 2.05) is 63.9 Å². The molecule has 1 fully saturated rings. The number of carbonyl (C=O) groups excluding carboxylic acids is 1. The van der Waals surface area contributed by atoms with Crippen LogP contribution in [0.15, 0.2) is 54.6 Å². The highest BCUT2D eigenvalue weighted by Gasteiger charge is 2.29. The number of benzene rings is 2. The molecule has 1 aliphatic heterocycles. The predicted octanol–water partition coefficient (Wildman–Crippen LogP) is 3.41. The molecule has 7 nitrogen and oxygen atoms in total. The van der Waals surface area contributed by atoms with Crippen molar-refractivity contribution in [3.8, 4) is 0 Å². The second-order valence-corrected chi connectivity index (χ2v) is 8.42. The number of para-hydroxylation sites is 3. The summed E-state index contributed by atoms with van der Waals surface area (Å²) in [6.07, 6.45) is 0. The zero-order valence-electron chi connectivity index (χ0n) is 17.4. The molecule has 2 atom stereocenters. The van der Waals surface area contributed by atoms with Gasteiger partial charge in [-0.2, -0.15) is 0 Å². The topological polar surface area (TPSA) is 75.4 Å². The van der Waals surface area contributed by atoms with E-state index in [9.17, 15) is 4.79 Å². The minimum Gasteiger partial charge on any atom is -0.334 e. The number of piperazine rings is 1. The highest BCUT2D eigenvalue weighted by atomic mass is 16.2. The Morgan fingerprint density at radius 1 is 0.871 bits per heavy atom. The third-order valence-corrected chi connectivity index (χ3v) is 5.95. The van der Waals surface area contributed by atoms with E-state index >= 15 is 0 Å². The van der Waals surface area contributed by atoms with Crippen LogP contribution >= 0.6 is 0 Å². The molecular formula is C24H22N6O. The van der Waals surface area contributed by atoms with Gasteiger partial charge in [-0.15, -0.1) is 0 Å². The molecule has 3 aromatic heterocycles. The number of amides is 1. The van der Waals surface area contributed by atoms with Gasteiger partial charge in [0, 0.05) is 30.6 Å². The van der Waals surface area contributed by atoms with Crippen LogP contribution in [0.1, 0.15) is 24.3 Å². The van der Waals surface area contributed by atoms with Crippen LogP contribution in [0.2, 0.25) is 0 Å². The van der Waals surface area contributed by atoms with Crippen LogP contribution in [0.3, 0.4) is 0 Å². The summed E-state index contributed by atoms with van der Waals surface area (Å²) < 4.78 is 1.98. The molecule has 0 bridgehead atoms. The fourth-order valence-corrected chi connectivity index (χ4v) is 4.70. The van der Waals surface area contributed by atoms with E-state index in [-0.39, 0.29) is 18.0 Å². The van der Waals surface area contributed by atoms with Crippen molar-refractivity contribution < 1.29 is 4.79 Å². The highest BCUT2D eigenvalue weighted by Crippen LogP contribution is 2.26. The second-order valence-electron chi connectivity index (χ2n) is 8.42. The Bertz CT molecular complexity index is 1480. The van der Waals surface area contributed by atoms with Crippen LogP contribution in [0.4, 0.5) is 0 Å². The van der Waals surface area contributed by atoms with Crippen molar-refractivity contribution in [1.29, 1.82) is 0 Å². The molecule has 1 amide bonds. The number of fused-ring (bicyclic) bond motifs is 6. The van der Waals surface area contributed by atoms with Gasteiger partial charge in [-0.3, -0.25) is 9.20 Å². The van der Waals surface area contributed by atoms with Crippen molar-refractivity contribution in [1.82, 2.24) is 29.6 Å². The molecule has 0 radical (unpaired) electrons. The molecule has 0 aliphatic carbocycles. The Kier molecular flexibility index (Phi) is 3.94. The predicted molar refractivity (Wildman–Crippen MR) is 121 cm³/mol. The van der Waals surface area contributed by atoms with E-state index in [4.69, 9.17) is 15.0 Å². The molecule has 7 heteroatoms. The van der Waals surface area contributed by atoms with Gasteiger partial charge in [0.25, 0.3) is 5.91 Å². The number of pyridine rings is 1. The number of nitrogens with zero attached hydrogens (tertiary/aromatic N) is 5. The van der Waals surface area contributed by atoms with Gasteiger partial charge in [0.05, 0.1) is 16.6 Å². The number of hydrogen-bond acceptors (Lipinski definition) is 5. The molecule has 0 spiro atoms. The Hall–Kier alpha value is -3.58. The molecule has 0 unspecified atom stereocenters. The minimum absolute atomic E-state index is 0.0874. The lowest BCUT2D eigenvalue weighted by Gasteiger charge is -2.36. The van der Waals surface area contributed by atoms with Crippen LogP contribution in [0, 0.1) is 0 Å². The van der Waals surface area contributed by atoms with Gasteiger partial charge in [-0.05, 0) is 38.1 Å². The Morgan fingerprint density at radius 3 is 2.35 bits per heavy atom. The molecule has 2 aromatic carbocycles. The van der Waals surface area contributed by atoms with Crippen LogP contribution in [0.25, 0.3) is 38.7 Å². The highest BCUT2D eigenvalue weighted by molar-refractivity contribution is 6.03. The summed E-state index contributed by atoms with van der Waals surface area (Å²) >= 11 is 0. The van der Waals surface area contributed by atoms with E-state index in [0.717, 1.165) is 21.9 Å². The molecule has 154 valence electrons. The van der Waals surface area contributed by atoms with E-state index in [1.54, 1.807) is 0 Å². The Morgan fingerprint density at radius 2 is 1.55 bits per heavy atom. The van der Waals surface area contributed by atoms with Crippen molar-refractivity contribution in [2.45, 2.75) is 25.9 Å². The first-order valence-electron chi connectivity index (χ1n) is 10.6. The summed E-state index contributed by atoms with van der Waals surface area (Å²) in [5.74, 6) is -0.0874. The molecule has 5 aromatic rings. The molecule has 4 heterocycles.